The van der Waals surface area contributed by atoms with Gasteiger partial charge in [0.25, 0.3) is 5.91 Å². The van der Waals surface area contributed by atoms with Gasteiger partial charge >= 0.3 is 0 Å². The van der Waals surface area contributed by atoms with Gasteiger partial charge in [-0.25, -0.2) is 0 Å². The van der Waals surface area contributed by atoms with Gasteiger partial charge in [0.15, 0.2) is 12.5 Å². The lowest BCUT2D eigenvalue weighted by atomic mass is 9.97. The van der Waals surface area contributed by atoms with Crippen LogP contribution in [0, 0.1) is 6.92 Å². The van der Waals surface area contributed by atoms with Crippen LogP contribution in [0.1, 0.15) is 36.8 Å². The second-order valence-corrected chi connectivity index (χ2v) is 15.5. The van der Waals surface area contributed by atoms with E-state index < -0.39 is 73.1 Å². The lowest BCUT2D eigenvalue weighted by molar-refractivity contribution is -0.232. The number of ether oxygens (including phenoxy) is 4. The maximum absolute atomic E-state index is 13.2. The molecular weight excluding hydrogens is 766 g/mol. The number of hydrogen-bond donors (Lipinski definition) is 8. The quantitative estimate of drug-likeness (QED) is 0.0941. The lowest BCUT2D eigenvalue weighted by Crippen LogP contribution is -2.59. The van der Waals surface area contributed by atoms with Gasteiger partial charge in [-0.1, -0.05) is 36.4 Å². The average molecular weight is 824 g/mol. The van der Waals surface area contributed by atoms with Crippen LogP contribution < -0.4 is 31.7 Å². The third kappa shape index (κ3) is 10.6. The highest BCUT2D eigenvalue weighted by Gasteiger charge is 2.55. The van der Waals surface area contributed by atoms with Gasteiger partial charge in [0, 0.05) is 63.4 Å². The van der Waals surface area contributed by atoms with E-state index in [9.17, 15) is 34.8 Å². The monoisotopic (exact) mass is 823 g/mol. The van der Waals surface area contributed by atoms with Crippen molar-refractivity contribution in [1.29, 1.82) is 0 Å². The molecule has 0 aromatic heterocycles. The number of aliphatic hydroxyl groups excluding tert-OH is 4. The number of likely N-dealkylation sites (N-methyl/N-ethyl adjacent to an activating group) is 1. The Hall–Kier alpha value is -4.63. The van der Waals surface area contributed by atoms with E-state index in [2.05, 4.69) is 53.3 Å². The molecule has 0 saturated carbocycles. The molecule has 2 aromatic carbocycles. The minimum atomic E-state index is -1.68. The number of amides is 3. The zero-order chi connectivity index (χ0) is 42.4. The Balaban J connectivity index is 1.02. The molecule has 59 heavy (non-hydrogen) atoms. The number of benzene rings is 2. The molecule has 10 atom stereocenters. The minimum Gasteiger partial charge on any atom is -0.490 e. The van der Waals surface area contributed by atoms with Crippen molar-refractivity contribution < 1.29 is 53.8 Å². The van der Waals surface area contributed by atoms with E-state index in [1.807, 2.05) is 24.3 Å². The van der Waals surface area contributed by atoms with Gasteiger partial charge in [-0.3, -0.25) is 19.3 Å². The third-order valence-corrected chi connectivity index (χ3v) is 11.2. The largest absolute Gasteiger partial charge is 0.490 e. The highest BCUT2D eigenvalue weighted by atomic mass is 16.7. The molecule has 4 aliphatic rings. The topological polar surface area (TPSA) is 255 Å². The van der Waals surface area contributed by atoms with Crippen molar-refractivity contribution in [2.24, 2.45) is 11.5 Å². The normalized spacial score (nSPS) is 28.5. The molecule has 2 aromatic rings. The van der Waals surface area contributed by atoms with Crippen LogP contribution in [0.5, 0.6) is 5.75 Å². The highest BCUT2D eigenvalue weighted by Crippen LogP contribution is 2.34. The van der Waals surface area contributed by atoms with Crippen LogP contribution >= 0.6 is 0 Å². The zero-order valence-corrected chi connectivity index (χ0v) is 33.3. The fourth-order valence-electron chi connectivity index (χ4n) is 7.83. The van der Waals surface area contributed by atoms with Gasteiger partial charge in [-0.15, -0.1) is 0 Å². The van der Waals surface area contributed by atoms with Crippen LogP contribution in [-0.2, 0) is 35.1 Å². The van der Waals surface area contributed by atoms with Crippen LogP contribution in [0.2, 0.25) is 0 Å². The Morgan fingerprint density at radius 2 is 1.71 bits per heavy atom. The Bertz CT molecular complexity index is 1790. The molecule has 0 aliphatic carbocycles. The number of hydrogen-bond acceptors (Lipinski definition) is 15. The van der Waals surface area contributed by atoms with E-state index in [1.165, 1.54) is 27.6 Å². The standard InChI is InChI=1S/C41H57N7O11/c1-23-6-12-27(13-7-23)56-28-14-18-47(19-15-28)26-10-8-25(9-11-26)22-44-30(49)5-4-17-46(3)32(39(43)55)37(59-41-36(54)33(51)29(21-42)57-41)38-34(52)35(53)40(58-38)48-20-16-31(50)45-24(48)2/h6-13,16,20,28-29,32-38,40-41,51-54H,2,4-5,14-15,17-19,21-22,42H2,1,3H3,(H2,43,55)(H,44,49)(H,45,50)/t29-,32+,33-,34?,35-,36-,37+,38+,40-,41+/m1/s1. The number of nitrogens with zero attached hydrogens (tertiary/aromatic N) is 3. The molecule has 4 aliphatic heterocycles. The maximum Gasteiger partial charge on any atom is 0.250 e. The van der Waals surface area contributed by atoms with Crippen LogP contribution in [0.15, 0.2) is 73.2 Å². The maximum atomic E-state index is 13.2. The first kappa shape index (κ1) is 43.9. The number of aryl methyl sites for hydroxylation is 1. The van der Waals surface area contributed by atoms with Crippen molar-refractivity contribution in [3.05, 3.63) is 84.3 Å². The number of nitrogens with one attached hydrogen (secondary N) is 2. The van der Waals surface area contributed by atoms with Crippen LogP contribution in [0.3, 0.4) is 0 Å². The molecule has 18 nitrogen and oxygen atoms in total. The van der Waals surface area contributed by atoms with E-state index >= 15 is 0 Å². The predicted octanol–water partition coefficient (Wildman–Crippen LogP) is -1.12. The SMILES string of the molecule is C=C1NC(=O)C=CN1[C@@H]1O[C@H]([C@@H](O[C@@H]2O[C@H](CN)[C@@H](O)[C@H]2O)[C@@H](C(N)=O)N(C)CCCC(=O)NCc2ccc(N3CCC(Oc4ccc(C)cc4)CC3)cc2)C(O)[C@H]1O. The summed E-state index contributed by atoms with van der Waals surface area (Å²) in [5.41, 5.74) is 14.9. The van der Waals surface area contributed by atoms with Crippen molar-refractivity contribution in [3.63, 3.8) is 0 Å². The second kappa shape index (κ2) is 19.6. The molecule has 0 bridgehead atoms. The summed E-state index contributed by atoms with van der Waals surface area (Å²) in [6, 6.07) is 14.8. The van der Waals surface area contributed by atoms with Crippen LogP contribution in [-0.4, -0.2) is 149 Å². The van der Waals surface area contributed by atoms with Gasteiger partial charge in [-0.2, -0.15) is 0 Å². The summed E-state index contributed by atoms with van der Waals surface area (Å²) in [5.74, 6) is -0.622. The van der Waals surface area contributed by atoms with Crippen LogP contribution in [0.25, 0.3) is 0 Å². The summed E-state index contributed by atoms with van der Waals surface area (Å²) in [4.78, 5) is 43.1. The molecule has 0 radical (unpaired) electrons. The Morgan fingerprint density at radius 1 is 1.02 bits per heavy atom. The van der Waals surface area contributed by atoms with E-state index in [1.54, 1.807) is 7.05 Å². The summed E-state index contributed by atoms with van der Waals surface area (Å²) in [5, 5.41) is 49.0. The number of nitrogens with two attached hydrogens (primary N) is 2. The number of primary amides is 1. The van der Waals surface area contributed by atoms with Gasteiger partial charge in [-0.05, 0) is 56.8 Å². The van der Waals surface area contributed by atoms with E-state index in [-0.39, 0.29) is 43.8 Å². The molecule has 3 saturated heterocycles. The smallest absolute Gasteiger partial charge is 0.250 e. The first-order valence-electron chi connectivity index (χ1n) is 19.9. The predicted molar refractivity (Wildman–Crippen MR) is 214 cm³/mol. The molecule has 1 unspecified atom stereocenters. The van der Waals surface area contributed by atoms with Gasteiger partial charge in [0.2, 0.25) is 11.8 Å². The number of rotatable bonds is 17. The fraction of sp³-hybridized carbons (Fsp3) is 0.537. The molecule has 4 heterocycles. The number of piperidine rings is 1. The number of aliphatic hydroxyl groups is 4. The summed E-state index contributed by atoms with van der Waals surface area (Å²) in [6.07, 6.45) is -8.16. The summed E-state index contributed by atoms with van der Waals surface area (Å²) < 4.78 is 24.0. The average Bonchev–Trinajstić information content (AvgIpc) is 3.66. The van der Waals surface area contributed by atoms with E-state index in [4.69, 9.17) is 30.4 Å². The Morgan fingerprint density at radius 3 is 2.34 bits per heavy atom. The fourth-order valence-corrected chi connectivity index (χ4v) is 7.83. The molecule has 3 amide bonds. The van der Waals surface area contributed by atoms with E-state index in [0.29, 0.717) is 6.54 Å². The molecule has 18 heteroatoms. The molecular formula is C41H57N7O11. The van der Waals surface area contributed by atoms with Gasteiger partial charge < -0.3 is 71.3 Å². The van der Waals surface area contributed by atoms with Gasteiger partial charge in [0.05, 0.1) is 0 Å². The summed E-state index contributed by atoms with van der Waals surface area (Å²) in [6.45, 7) is 7.90. The highest BCUT2D eigenvalue weighted by molar-refractivity contribution is 5.89. The van der Waals surface area contributed by atoms with E-state index in [0.717, 1.165) is 42.9 Å². The lowest BCUT2D eigenvalue weighted by Gasteiger charge is -2.38. The minimum absolute atomic E-state index is 0.0607. The molecule has 10 N–H and O–H groups in total. The van der Waals surface area contributed by atoms with Crippen molar-refractivity contribution in [3.8, 4) is 5.75 Å². The summed E-state index contributed by atoms with van der Waals surface area (Å²) in [7, 11) is 1.56. The molecule has 0 spiro atoms. The summed E-state index contributed by atoms with van der Waals surface area (Å²) >= 11 is 0. The van der Waals surface area contributed by atoms with Crippen molar-refractivity contribution in [1.82, 2.24) is 20.4 Å². The molecule has 3 fully saturated rings. The number of carbonyl (C=O) groups is 3. The second-order valence-electron chi connectivity index (χ2n) is 15.5. The first-order chi connectivity index (χ1) is 28.2. The van der Waals surface area contributed by atoms with Crippen molar-refractivity contribution in [2.45, 2.75) is 107 Å². The molecule has 322 valence electrons. The Labute approximate surface area is 343 Å². The third-order valence-electron chi connectivity index (χ3n) is 11.2. The van der Waals surface area contributed by atoms with Crippen molar-refractivity contribution in [2.75, 3.05) is 38.1 Å². The number of carbonyl (C=O) groups excluding carboxylic acids is 3. The molecule has 6 rings (SSSR count). The van der Waals surface area contributed by atoms with Crippen molar-refractivity contribution >= 4 is 23.4 Å². The first-order valence-corrected chi connectivity index (χ1v) is 19.9. The van der Waals surface area contributed by atoms with Gasteiger partial charge in [0.1, 0.15) is 66.4 Å². The number of anilines is 1. The zero-order valence-electron chi connectivity index (χ0n) is 33.3. The Kier molecular flexibility index (Phi) is 14.6. The van der Waals surface area contributed by atoms with Crippen LogP contribution in [0.4, 0.5) is 5.69 Å².